The van der Waals surface area contributed by atoms with Gasteiger partial charge in [0.05, 0.1) is 0 Å². The molecule has 2 aromatic carbocycles. The van der Waals surface area contributed by atoms with E-state index in [0.29, 0.717) is 0 Å². The Morgan fingerprint density at radius 3 is 1.63 bits per heavy atom. The summed E-state index contributed by atoms with van der Waals surface area (Å²) >= 11 is 2.35. The van der Waals surface area contributed by atoms with Gasteiger partial charge in [0, 0.05) is 0 Å². The van der Waals surface area contributed by atoms with Crippen LogP contribution in [0.3, 0.4) is 0 Å². The molecule has 0 unspecified atom stereocenters. The summed E-state index contributed by atoms with van der Waals surface area (Å²) in [5.74, 6) is 0. The van der Waals surface area contributed by atoms with Crippen molar-refractivity contribution in [3.05, 3.63) is 48.5 Å². The fourth-order valence-electron chi connectivity index (χ4n) is 2.12. The van der Waals surface area contributed by atoms with Crippen molar-refractivity contribution in [3.8, 4) is 0 Å². The Morgan fingerprint density at radius 2 is 1.16 bits per heavy atom. The molecule has 0 aliphatic carbocycles. The number of hydrogen-bond acceptors (Lipinski definition) is 4. The van der Waals surface area contributed by atoms with Crippen LogP contribution in [0.25, 0.3) is 20.4 Å². The molecule has 0 amide bonds. The van der Waals surface area contributed by atoms with Crippen LogP contribution >= 0.6 is 22.7 Å². The van der Waals surface area contributed by atoms with Gasteiger partial charge in [0.2, 0.25) is 0 Å². The second-order valence-corrected chi connectivity index (χ2v) is 17.1. The minimum atomic E-state index is -1.36. The van der Waals surface area contributed by atoms with Crippen LogP contribution in [-0.2, 0) is 24.6 Å². The standard InChI is InChI=1S/2C7H4NS.Hg/c2*1-2-4-7-6(3-1)8-5-9-7;/h2*1-4H;. The van der Waals surface area contributed by atoms with E-state index in [9.17, 15) is 0 Å². The van der Waals surface area contributed by atoms with Gasteiger partial charge >= 0.3 is 131 Å². The third-order valence-corrected chi connectivity index (χ3v) is 14.2. The zero-order chi connectivity index (χ0) is 12.7. The van der Waals surface area contributed by atoms with Gasteiger partial charge in [-0.1, -0.05) is 0 Å². The average Bonchev–Trinajstić information content (AvgIpc) is 3.00. The monoisotopic (exact) mass is 470 g/mol. The Bertz CT molecular complexity index is 728. The van der Waals surface area contributed by atoms with Crippen molar-refractivity contribution in [2.45, 2.75) is 0 Å². The van der Waals surface area contributed by atoms with Crippen LogP contribution in [0.5, 0.6) is 0 Å². The number of para-hydroxylation sites is 2. The van der Waals surface area contributed by atoms with Crippen molar-refractivity contribution in [3.63, 3.8) is 0 Å². The number of benzene rings is 2. The zero-order valence-corrected chi connectivity index (χ0v) is 17.2. The predicted octanol–water partition coefficient (Wildman–Crippen LogP) is 2.94. The first-order chi connectivity index (χ1) is 9.38. The number of nitrogens with zero attached hydrogens (tertiary/aromatic N) is 2. The Hall–Kier alpha value is -0.845. The molecule has 4 aromatic rings. The normalized spacial score (nSPS) is 10.9. The van der Waals surface area contributed by atoms with E-state index in [4.69, 9.17) is 9.97 Å². The van der Waals surface area contributed by atoms with E-state index in [-0.39, 0.29) is 0 Å². The van der Waals surface area contributed by atoms with Crippen molar-refractivity contribution in [1.29, 1.82) is 0 Å². The summed E-state index contributed by atoms with van der Waals surface area (Å²) in [6.07, 6.45) is 0. The quantitative estimate of drug-likeness (QED) is 0.423. The third kappa shape index (κ3) is 2.33. The van der Waals surface area contributed by atoms with Crippen LogP contribution in [-0.4, -0.2) is 9.97 Å². The molecule has 0 saturated carbocycles. The van der Waals surface area contributed by atoms with Crippen molar-refractivity contribution in [2.75, 3.05) is 0 Å². The van der Waals surface area contributed by atoms with Gasteiger partial charge in [0.15, 0.2) is 0 Å². The first kappa shape index (κ1) is 11.9. The van der Waals surface area contributed by atoms with Gasteiger partial charge in [0.25, 0.3) is 0 Å². The summed E-state index contributed by atoms with van der Waals surface area (Å²) in [5, 5.41) is 0. The van der Waals surface area contributed by atoms with Crippen LogP contribution < -0.4 is 5.03 Å². The molecule has 5 heteroatoms. The summed E-state index contributed by atoms with van der Waals surface area (Å²) in [6.45, 7) is 0. The second kappa shape index (κ2) is 4.92. The number of rotatable bonds is 2. The summed E-state index contributed by atoms with van der Waals surface area (Å²) < 4.78 is 5.33. The van der Waals surface area contributed by atoms with Crippen molar-refractivity contribution < 1.29 is 24.6 Å². The molecule has 2 nitrogen and oxygen atoms in total. The molecule has 88 valence electrons. The fraction of sp³-hybridized carbons (Fsp3) is 0. The van der Waals surface area contributed by atoms with Crippen LogP contribution in [0.4, 0.5) is 0 Å². The van der Waals surface area contributed by atoms with E-state index >= 15 is 0 Å². The molecule has 0 bridgehead atoms. The summed E-state index contributed by atoms with van der Waals surface area (Å²) in [6, 6.07) is 16.8. The zero-order valence-electron chi connectivity index (χ0n) is 10.0. The van der Waals surface area contributed by atoms with E-state index < -0.39 is 24.6 Å². The van der Waals surface area contributed by atoms with E-state index in [1.807, 2.05) is 22.7 Å². The molecule has 0 aliphatic heterocycles. The molecule has 19 heavy (non-hydrogen) atoms. The average molecular weight is 469 g/mol. The number of hydrogen-bond donors (Lipinski definition) is 0. The van der Waals surface area contributed by atoms with Gasteiger partial charge in [0.1, 0.15) is 0 Å². The third-order valence-electron chi connectivity index (χ3n) is 2.98. The number of aromatic nitrogens is 2. The molecule has 0 fully saturated rings. The Morgan fingerprint density at radius 1 is 0.684 bits per heavy atom. The molecule has 0 N–H and O–H groups in total. The first-order valence-electron chi connectivity index (χ1n) is 6.07. The summed E-state index contributed by atoms with van der Waals surface area (Å²) in [4.78, 5) is 9.52. The molecule has 0 aliphatic rings. The van der Waals surface area contributed by atoms with Crippen LogP contribution in [0.2, 0.25) is 0 Å². The van der Waals surface area contributed by atoms with E-state index in [1.54, 1.807) is 0 Å². The maximum atomic E-state index is 4.76. The number of thiazole rings is 2. The van der Waals surface area contributed by atoms with E-state index in [1.165, 1.54) is 14.4 Å². The minimum absolute atomic E-state index is 1.14. The molecular weight excluding hydrogens is 461 g/mol. The predicted molar refractivity (Wildman–Crippen MR) is 78.5 cm³/mol. The SMILES string of the molecule is c1ccc2s[c]([Hg][c]3nc4ccccc4s3)nc2c1. The van der Waals surface area contributed by atoms with E-state index in [2.05, 4.69) is 48.5 Å². The van der Waals surface area contributed by atoms with Gasteiger partial charge in [-0.05, 0) is 0 Å². The molecule has 2 heterocycles. The molecule has 0 spiro atoms. The Labute approximate surface area is 130 Å². The second-order valence-electron chi connectivity index (χ2n) is 4.33. The summed E-state index contributed by atoms with van der Waals surface area (Å²) in [5.41, 5.74) is 2.28. The first-order valence-corrected chi connectivity index (χ1v) is 13.2. The molecule has 2 aromatic heterocycles. The Kier molecular flexibility index (Phi) is 3.09. The molecule has 0 radical (unpaired) electrons. The molecule has 4 rings (SSSR count). The fourth-order valence-corrected chi connectivity index (χ4v) is 15.2. The summed E-state index contributed by atoms with van der Waals surface area (Å²) in [7, 11) is 0. The Balaban J connectivity index is 1.73. The van der Waals surface area contributed by atoms with Crippen LogP contribution in [0.15, 0.2) is 48.5 Å². The van der Waals surface area contributed by atoms with Gasteiger partial charge < -0.3 is 0 Å². The molecular formula is C14H8HgN2S2. The number of fused-ring (bicyclic) bond motifs is 2. The topological polar surface area (TPSA) is 25.8 Å². The van der Waals surface area contributed by atoms with Crippen LogP contribution in [0.1, 0.15) is 0 Å². The van der Waals surface area contributed by atoms with Gasteiger partial charge in [-0.3, -0.25) is 0 Å². The van der Waals surface area contributed by atoms with Crippen molar-refractivity contribution in [2.24, 2.45) is 0 Å². The molecule has 0 saturated heterocycles. The van der Waals surface area contributed by atoms with Gasteiger partial charge in [-0.2, -0.15) is 0 Å². The van der Waals surface area contributed by atoms with Crippen LogP contribution in [0, 0.1) is 0 Å². The van der Waals surface area contributed by atoms with Gasteiger partial charge in [-0.15, -0.1) is 0 Å². The maximum absolute atomic E-state index is 4.76. The van der Waals surface area contributed by atoms with Crippen molar-refractivity contribution in [1.82, 2.24) is 9.97 Å². The van der Waals surface area contributed by atoms with Gasteiger partial charge in [-0.25, -0.2) is 0 Å². The van der Waals surface area contributed by atoms with Crippen molar-refractivity contribution >= 4 is 48.1 Å². The molecule has 0 atom stereocenters. The van der Waals surface area contributed by atoms with E-state index in [0.717, 1.165) is 11.0 Å².